The monoisotopic (exact) mass is 871 g/mol. The zero-order valence-electron chi connectivity index (χ0n) is 29.5. The normalized spacial score (nSPS) is 13.9. The van der Waals surface area contributed by atoms with E-state index in [2.05, 4.69) is 6.58 Å². The average Bonchev–Trinajstić information content (AvgIpc) is 3.90. The first-order valence-electron chi connectivity index (χ1n) is 16.7. The molecule has 5 rings (SSSR count). The number of hydrogen-bond donors (Lipinski definition) is 1. The molecule has 2 aliphatic carbocycles. The molecule has 0 bridgehead atoms. The number of allylic oxidation sites excluding steroid dienone is 1. The Morgan fingerprint density at radius 3 is 0.741 bits per heavy atom. The zero-order chi connectivity index (χ0) is 40.6. The Kier molecular flexibility index (Phi) is 19.1. The number of hydrogen-bond acceptors (Lipinski definition) is 1. The van der Waals surface area contributed by atoms with Crippen molar-refractivity contribution in [3.8, 4) is 0 Å². The molecule has 0 heterocycles. The van der Waals surface area contributed by atoms with Crippen LogP contribution in [0.2, 0.25) is 6.82 Å². The summed E-state index contributed by atoms with van der Waals surface area (Å²) < 4.78 is 212. The Labute approximate surface area is 322 Å². The zero-order valence-corrected chi connectivity index (χ0v) is 31.9. The van der Waals surface area contributed by atoms with E-state index in [4.69, 9.17) is 5.11 Å². The van der Waals surface area contributed by atoms with E-state index in [0.717, 1.165) is 12.8 Å². The number of rotatable bonds is 6. The number of benzene rings is 3. The van der Waals surface area contributed by atoms with Crippen molar-refractivity contribution in [1.29, 1.82) is 0 Å². The minimum Gasteiger partial charge on any atom is -0.390 e. The van der Waals surface area contributed by atoms with E-state index >= 15 is 0 Å². The smallest absolute Gasteiger partial charge is 0.390 e. The molecule has 0 spiro atoms. The van der Waals surface area contributed by atoms with Crippen molar-refractivity contribution in [3.63, 3.8) is 0 Å². The van der Waals surface area contributed by atoms with Crippen LogP contribution < -0.4 is 16.4 Å². The van der Waals surface area contributed by atoms with Gasteiger partial charge in [0.15, 0.2) is 52.4 Å². The van der Waals surface area contributed by atoms with E-state index in [-0.39, 0.29) is 33.0 Å². The Bertz CT molecular complexity index is 1490. The van der Waals surface area contributed by atoms with Gasteiger partial charge in [-0.25, -0.2) is 65.9 Å². The molecule has 3 aromatic rings. The third kappa shape index (κ3) is 11.0. The van der Waals surface area contributed by atoms with Gasteiger partial charge in [0, 0.05) is 0 Å². The second-order valence-corrected chi connectivity index (χ2v) is 13.4. The summed E-state index contributed by atoms with van der Waals surface area (Å²) in [4.78, 5) is 0. The number of halogens is 15. The first kappa shape index (κ1) is 49.3. The van der Waals surface area contributed by atoms with Crippen LogP contribution in [0.1, 0.15) is 90.9 Å². The summed E-state index contributed by atoms with van der Waals surface area (Å²) in [5, 5.41) is 9.10. The first-order chi connectivity index (χ1) is 24.6. The summed E-state index contributed by atoms with van der Waals surface area (Å²) in [5.41, 5.74) is -8.41. The Hall–Kier alpha value is -2.74. The average molecular weight is 873 g/mol. The van der Waals surface area contributed by atoms with Crippen LogP contribution in [0.4, 0.5) is 65.9 Å². The van der Waals surface area contributed by atoms with E-state index in [1.807, 2.05) is 6.08 Å². The second-order valence-electron chi connectivity index (χ2n) is 13.4. The standard InChI is InChI=1S/C19H3BF15.C7H14O.2C5H10.Zr/c1-20(2-5(21)11(27)17(33)12(28)6(2)22,3-7(23)13(29)18(34)14(30)8(3)24)4-9(25)15(31)19(35)16(32)10(4)26;1-4-5-6-7(2,3)8;2*1-2-4-5-3-1;/h1H3;4,8H,1,5-6H2,2-3H3;2*1-5H2;/q-1;;;;+3. The maximum absolute atomic E-state index is 14.6. The van der Waals surface area contributed by atoms with Gasteiger partial charge in [-0.05, 0) is 26.7 Å². The van der Waals surface area contributed by atoms with Crippen molar-refractivity contribution in [2.24, 2.45) is 0 Å². The molecule has 1 nitrogen and oxygen atoms in total. The minimum absolute atomic E-state index is 0. The van der Waals surface area contributed by atoms with Gasteiger partial charge in [-0.2, -0.15) is 6.82 Å². The fourth-order valence-corrected chi connectivity index (χ4v) is 6.04. The molecule has 2 saturated carbocycles. The van der Waals surface area contributed by atoms with Gasteiger partial charge in [0.2, 0.25) is 0 Å². The predicted molar refractivity (Wildman–Crippen MR) is 171 cm³/mol. The Balaban J connectivity index is 0.000000622. The summed E-state index contributed by atoms with van der Waals surface area (Å²) in [5.74, 6) is -45.1. The Morgan fingerprint density at radius 1 is 0.444 bits per heavy atom. The van der Waals surface area contributed by atoms with E-state index < -0.39 is 115 Å². The van der Waals surface area contributed by atoms with Crippen LogP contribution in [0.5, 0.6) is 0 Å². The molecule has 0 aromatic heterocycles. The maximum Gasteiger partial charge on any atom is 3.00 e. The van der Waals surface area contributed by atoms with E-state index in [1.54, 1.807) is 13.8 Å². The molecule has 2 aliphatic rings. The molecule has 18 heteroatoms. The molecule has 3 aromatic carbocycles. The molecule has 1 radical (unpaired) electrons. The van der Waals surface area contributed by atoms with Crippen molar-refractivity contribution in [2.75, 3.05) is 0 Å². The maximum atomic E-state index is 14.6. The topological polar surface area (TPSA) is 20.2 Å². The molecule has 297 valence electrons. The van der Waals surface area contributed by atoms with Gasteiger partial charge in [-0.3, -0.25) is 0 Å². The molecule has 1 N–H and O–H groups in total. The van der Waals surface area contributed by atoms with Crippen LogP contribution in [0.3, 0.4) is 0 Å². The predicted octanol–water partition coefficient (Wildman–Crippen LogP) is 10.5. The van der Waals surface area contributed by atoms with Gasteiger partial charge >= 0.3 is 26.2 Å². The fourth-order valence-electron chi connectivity index (χ4n) is 6.04. The summed E-state index contributed by atoms with van der Waals surface area (Å²) >= 11 is 0. The molecule has 54 heavy (non-hydrogen) atoms. The van der Waals surface area contributed by atoms with Crippen LogP contribution in [0, 0.1) is 87.3 Å². The van der Waals surface area contributed by atoms with Gasteiger partial charge in [-0.1, -0.05) is 70.3 Å². The van der Waals surface area contributed by atoms with E-state index in [0.29, 0.717) is 0 Å². The minimum atomic E-state index is -5.41. The van der Waals surface area contributed by atoms with Crippen LogP contribution in [0.25, 0.3) is 0 Å². The van der Waals surface area contributed by atoms with Crippen molar-refractivity contribution in [2.45, 2.75) is 103 Å². The first-order valence-corrected chi connectivity index (χ1v) is 16.7. The van der Waals surface area contributed by atoms with Gasteiger partial charge < -0.3 is 5.11 Å². The molecular weight excluding hydrogens is 835 g/mol. The molecular formula is C36H37BF15OZr+2. The van der Waals surface area contributed by atoms with Crippen molar-refractivity contribution in [3.05, 3.63) is 99.9 Å². The van der Waals surface area contributed by atoms with Gasteiger partial charge in [0.05, 0.1) is 5.60 Å². The molecule has 0 amide bonds. The molecule has 0 saturated heterocycles. The quantitative estimate of drug-likeness (QED) is 0.0860. The van der Waals surface area contributed by atoms with Crippen LogP contribution >= 0.6 is 0 Å². The van der Waals surface area contributed by atoms with Crippen LogP contribution in [0.15, 0.2) is 12.7 Å². The molecule has 0 atom stereocenters. The second kappa shape index (κ2) is 21.0. The summed E-state index contributed by atoms with van der Waals surface area (Å²) in [7, 11) is 0. The third-order valence-electron chi connectivity index (χ3n) is 8.92. The third-order valence-corrected chi connectivity index (χ3v) is 8.92. The van der Waals surface area contributed by atoms with E-state index in [9.17, 15) is 65.9 Å². The van der Waals surface area contributed by atoms with Gasteiger partial charge in [0.1, 0.15) is 41.0 Å². The summed E-state index contributed by atoms with van der Waals surface area (Å²) in [6.07, 6.45) is 13.1. The van der Waals surface area contributed by atoms with E-state index in [1.165, 1.54) is 64.2 Å². The summed E-state index contributed by atoms with van der Waals surface area (Å²) in [6.45, 7) is 6.94. The largest absolute Gasteiger partial charge is 3.00 e. The molecule has 0 aliphatic heterocycles. The SMILES string of the molecule is C1CCCC1.C1CCCC1.C=CCCC(C)(C)O.C[B-](c1c(F)c(F)c(F)c(F)c1F)(c1c(F)c(F)c(F)c(F)c1F)c1c(F)c(F)c(F)c(F)c1F.[Zr+3]. The molecule has 2 fully saturated rings. The van der Waals surface area contributed by atoms with Gasteiger partial charge in [0.25, 0.3) is 0 Å². The number of aliphatic hydroxyl groups is 1. The summed E-state index contributed by atoms with van der Waals surface area (Å²) in [6, 6.07) is 0. The fraction of sp³-hybridized carbons (Fsp3) is 0.444. The van der Waals surface area contributed by atoms with Crippen LogP contribution in [-0.4, -0.2) is 16.9 Å². The van der Waals surface area contributed by atoms with Crippen molar-refractivity contribution >= 4 is 22.5 Å². The molecule has 0 unspecified atom stereocenters. The van der Waals surface area contributed by atoms with Crippen LogP contribution in [-0.2, 0) is 26.2 Å². The van der Waals surface area contributed by atoms with Crippen molar-refractivity contribution < 1.29 is 97.2 Å². The Morgan fingerprint density at radius 2 is 0.611 bits per heavy atom. The van der Waals surface area contributed by atoms with Gasteiger partial charge in [-0.15, -0.1) is 23.0 Å². The van der Waals surface area contributed by atoms with Crippen molar-refractivity contribution in [1.82, 2.24) is 0 Å².